The fourth-order valence-electron chi connectivity index (χ4n) is 3.45. The molecule has 0 bridgehead atoms. The number of sulfonamides is 1. The van der Waals surface area contributed by atoms with E-state index in [9.17, 15) is 13.2 Å². The Morgan fingerprint density at radius 3 is 2.53 bits per heavy atom. The first-order valence-corrected chi connectivity index (χ1v) is 11.7. The molecule has 2 aromatic carbocycles. The van der Waals surface area contributed by atoms with Gasteiger partial charge in [-0.1, -0.05) is 30.3 Å². The molecule has 0 spiro atoms. The lowest BCUT2D eigenvalue weighted by atomic mass is 10.1. The summed E-state index contributed by atoms with van der Waals surface area (Å²) >= 11 is 0. The van der Waals surface area contributed by atoms with Gasteiger partial charge in [-0.25, -0.2) is 13.1 Å². The second-order valence-electron chi connectivity index (χ2n) is 7.38. The molecule has 3 rings (SSSR count). The second kappa shape index (κ2) is 10.7. The van der Waals surface area contributed by atoms with Gasteiger partial charge in [-0.05, 0) is 49.2 Å². The van der Waals surface area contributed by atoms with Gasteiger partial charge in [0.25, 0.3) is 0 Å². The van der Waals surface area contributed by atoms with Crippen molar-refractivity contribution in [2.45, 2.75) is 30.8 Å². The summed E-state index contributed by atoms with van der Waals surface area (Å²) in [7, 11) is -3.55. The fraction of sp³-hybridized carbons (Fsp3) is 0.409. The van der Waals surface area contributed by atoms with Gasteiger partial charge in [0.1, 0.15) is 0 Å². The number of morpholine rings is 1. The third-order valence-electron chi connectivity index (χ3n) is 5.00. The smallest absolute Gasteiger partial charge is 0.240 e. The first-order chi connectivity index (χ1) is 14.4. The van der Waals surface area contributed by atoms with Gasteiger partial charge in [0.05, 0.1) is 17.6 Å². The van der Waals surface area contributed by atoms with E-state index in [0.29, 0.717) is 18.8 Å². The number of carbonyl (C=O) groups excluding carboxylic acids is 1. The molecule has 0 radical (unpaired) electrons. The molecule has 1 atom stereocenters. The molecule has 1 unspecified atom stereocenters. The van der Waals surface area contributed by atoms with Crippen molar-refractivity contribution < 1.29 is 17.9 Å². The minimum atomic E-state index is -3.55. The minimum Gasteiger partial charge on any atom is -0.371 e. The van der Waals surface area contributed by atoms with Crippen molar-refractivity contribution >= 4 is 21.6 Å². The summed E-state index contributed by atoms with van der Waals surface area (Å²) < 4.78 is 33.3. The van der Waals surface area contributed by atoms with E-state index in [2.05, 4.69) is 27.1 Å². The number of amides is 1. The Morgan fingerprint density at radius 1 is 1.10 bits per heavy atom. The van der Waals surface area contributed by atoms with Gasteiger partial charge in [0.2, 0.25) is 15.9 Å². The van der Waals surface area contributed by atoms with E-state index in [1.165, 1.54) is 24.6 Å². The van der Waals surface area contributed by atoms with Crippen LogP contribution in [0.2, 0.25) is 0 Å². The molecule has 0 aromatic heterocycles. The van der Waals surface area contributed by atoms with E-state index < -0.39 is 10.0 Å². The van der Waals surface area contributed by atoms with Gasteiger partial charge < -0.3 is 10.1 Å². The van der Waals surface area contributed by atoms with Gasteiger partial charge in [-0.2, -0.15) is 0 Å². The molecule has 162 valence electrons. The number of nitrogens with zero attached hydrogens (tertiary/aromatic N) is 1. The number of hydrogen-bond donors (Lipinski definition) is 2. The van der Waals surface area contributed by atoms with E-state index in [1.807, 2.05) is 18.2 Å². The zero-order valence-electron chi connectivity index (χ0n) is 17.2. The molecule has 1 fully saturated rings. The van der Waals surface area contributed by atoms with Gasteiger partial charge in [-0.3, -0.25) is 9.69 Å². The Bertz CT molecular complexity index is 917. The molecule has 8 heteroatoms. The second-order valence-corrected chi connectivity index (χ2v) is 9.15. The molecule has 0 aliphatic carbocycles. The molecular weight excluding hydrogens is 402 g/mol. The standard InChI is InChI=1S/C22H29N3O4S/c1-18(26)24-20-9-11-21(12-10-20)30(27,28)23-13-5-6-14-25-15-16-29-22(17-25)19-7-3-2-4-8-19/h2-4,7-12,22-23H,5-6,13-17H2,1H3,(H,24,26). The van der Waals surface area contributed by atoms with Crippen LogP contribution in [0.3, 0.4) is 0 Å². The molecule has 1 aliphatic rings. The first-order valence-electron chi connectivity index (χ1n) is 10.2. The summed E-state index contributed by atoms with van der Waals surface area (Å²) in [5, 5.41) is 2.62. The molecule has 1 saturated heterocycles. The molecule has 0 saturated carbocycles. The predicted molar refractivity (Wildman–Crippen MR) is 117 cm³/mol. The zero-order valence-corrected chi connectivity index (χ0v) is 18.0. The van der Waals surface area contributed by atoms with E-state index in [1.54, 1.807) is 12.1 Å². The number of nitrogens with one attached hydrogen (secondary N) is 2. The summed E-state index contributed by atoms with van der Waals surface area (Å²) in [6.45, 7) is 5.18. The highest BCUT2D eigenvalue weighted by Gasteiger charge is 2.21. The van der Waals surface area contributed by atoms with E-state index in [4.69, 9.17) is 4.74 Å². The molecule has 1 aliphatic heterocycles. The average Bonchev–Trinajstić information content (AvgIpc) is 2.74. The third-order valence-corrected chi connectivity index (χ3v) is 6.48. The van der Waals surface area contributed by atoms with Gasteiger partial charge in [-0.15, -0.1) is 0 Å². The molecular formula is C22H29N3O4S. The normalized spacial score (nSPS) is 17.6. The van der Waals surface area contributed by atoms with Crippen molar-refractivity contribution in [3.63, 3.8) is 0 Å². The van der Waals surface area contributed by atoms with Crippen LogP contribution in [-0.2, 0) is 19.6 Å². The summed E-state index contributed by atoms with van der Waals surface area (Å²) in [5.41, 5.74) is 1.76. The van der Waals surface area contributed by atoms with Crippen LogP contribution < -0.4 is 10.0 Å². The lowest BCUT2D eigenvalue weighted by Gasteiger charge is -2.33. The minimum absolute atomic E-state index is 0.0962. The van der Waals surface area contributed by atoms with E-state index in [0.717, 1.165) is 32.5 Å². The highest BCUT2D eigenvalue weighted by atomic mass is 32.2. The molecule has 2 aromatic rings. The third kappa shape index (κ3) is 6.63. The lowest BCUT2D eigenvalue weighted by Crippen LogP contribution is -2.39. The summed E-state index contributed by atoms with van der Waals surface area (Å²) in [4.78, 5) is 13.6. The fourth-order valence-corrected chi connectivity index (χ4v) is 4.52. The van der Waals surface area contributed by atoms with Crippen LogP contribution in [0.25, 0.3) is 0 Å². The van der Waals surface area contributed by atoms with E-state index in [-0.39, 0.29) is 16.9 Å². The lowest BCUT2D eigenvalue weighted by molar-refractivity contribution is -0.114. The number of hydrogen-bond acceptors (Lipinski definition) is 5. The van der Waals surface area contributed by atoms with Crippen LogP contribution in [0.5, 0.6) is 0 Å². The number of anilines is 1. The van der Waals surface area contributed by atoms with Crippen molar-refractivity contribution in [2.75, 3.05) is 38.1 Å². The van der Waals surface area contributed by atoms with Crippen molar-refractivity contribution in [2.24, 2.45) is 0 Å². The first kappa shape index (κ1) is 22.4. The van der Waals surface area contributed by atoms with Crippen molar-refractivity contribution in [3.8, 4) is 0 Å². The monoisotopic (exact) mass is 431 g/mol. The summed E-state index contributed by atoms with van der Waals surface area (Å²) in [6.07, 6.45) is 1.76. The Hall–Kier alpha value is -2.26. The van der Waals surface area contributed by atoms with Crippen LogP contribution in [0.4, 0.5) is 5.69 Å². The SMILES string of the molecule is CC(=O)Nc1ccc(S(=O)(=O)NCCCCN2CCOC(c3ccccc3)C2)cc1. The Balaban J connectivity index is 1.39. The number of unbranched alkanes of at least 4 members (excludes halogenated alkanes) is 1. The number of benzene rings is 2. The van der Waals surface area contributed by atoms with Crippen LogP contribution >= 0.6 is 0 Å². The van der Waals surface area contributed by atoms with Gasteiger partial charge in [0, 0.05) is 32.2 Å². The van der Waals surface area contributed by atoms with Crippen LogP contribution in [0, 0.1) is 0 Å². The maximum absolute atomic E-state index is 12.4. The van der Waals surface area contributed by atoms with Crippen molar-refractivity contribution in [1.82, 2.24) is 9.62 Å². The molecule has 1 amide bonds. The zero-order chi connectivity index (χ0) is 21.4. The maximum atomic E-state index is 12.4. The van der Waals surface area contributed by atoms with Gasteiger partial charge in [0.15, 0.2) is 0 Å². The van der Waals surface area contributed by atoms with Crippen molar-refractivity contribution in [1.29, 1.82) is 0 Å². The topological polar surface area (TPSA) is 87.7 Å². The highest BCUT2D eigenvalue weighted by Crippen LogP contribution is 2.22. The summed E-state index contributed by atoms with van der Waals surface area (Å²) in [6, 6.07) is 16.4. The Morgan fingerprint density at radius 2 is 1.83 bits per heavy atom. The molecule has 30 heavy (non-hydrogen) atoms. The average molecular weight is 432 g/mol. The molecule has 7 nitrogen and oxygen atoms in total. The van der Waals surface area contributed by atoms with Crippen LogP contribution in [0.15, 0.2) is 59.5 Å². The largest absolute Gasteiger partial charge is 0.371 e. The number of ether oxygens (including phenoxy) is 1. The van der Waals surface area contributed by atoms with Gasteiger partial charge >= 0.3 is 0 Å². The number of rotatable bonds is 9. The summed E-state index contributed by atoms with van der Waals surface area (Å²) in [5.74, 6) is -0.195. The Labute approximate surface area is 178 Å². The Kier molecular flexibility index (Phi) is 7.98. The quantitative estimate of drug-likeness (QED) is 0.596. The number of carbonyl (C=O) groups is 1. The predicted octanol–water partition coefficient (Wildman–Crippen LogP) is 2.78. The van der Waals surface area contributed by atoms with Crippen LogP contribution in [0.1, 0.15) is 31.4 Å². The molecule has 1 heterocycles. The maximum Gasteiger partial charge on any atom is 0.240 e. The van der Waals surface area contributed by atoms with E-state index >= 15 is 0 Å². The highest BCUT2D eigenvalue weighted by molar-refractivity contribution is 7.89. The van der Waals surface area contributed by atoms with Crippen molar-refractivity contribution in [3.05, 3.63) is 60.2 Å². The molecule has 2 N–H and O–H groups in total. The van der Waals surface area contributed by atoms with Crippen LogP contribution in [-0.4, -0.2) is 52.0 Å².